The second-order valence-electron chi connectivity index (χ2n) is 7.08. The Morgan fingerprint density at radius 1 is 1.42 bits per heavy atom. The van der Waals surface area contributed by atoms with Crippen molar-refractivity contribution in [2.24, 2.45) is 5.92 Å². The van der Waals surface area contributed by atoms with Gasteiger partial charge in [-0.15, -0.1) is 0 Å². The predicted octanol–water partition coefficient (Wildman–Crippen LogP) is 2.00. The lowest BCUT2D eigenvalue weighted by molar-refractivity contribution is -0.127. The molecule has 1 aliphatic rings. The number of carbonyl (C=O) groups excluding carboxylic acids is 1. The van der Waals surface area contributed by atoms with Crippen LogP contribution in [0.4, 0.5) is 0 Å². The fraction of sp³-hybridized carbons (Fsp3) is 0.750. The number of nitrogens with one attached hydrogen (secondary N) is 1. The van der Waals surface area contributed by atoms with E-state index >= 15 is 0 Å². The lowest BCUT2D eigenvalue weighted by Crippen LogP contribution is -2.50. The maximum Gasteiger partial charge on any atom is 0.248 e. The molecule has 1 aliphatic heterocycles. The molecule has 1 saturated heterocycles. The quantitative estimate of drug-likeness (QED) is 0.870. The Morgan fingerprint density at radius 3 is 2.62 bits per heavy atom. The molecular weight excluding hydrogens is 330 g/mol. The first-order valence-corrected chi connectivity index (χ1v) is 9.77. The van der Waals surface area contributed by atoms with Crippen LogP contribution in [-0.2, 0) is 14.8 Å². The van der Waals surface area contributed by atoms with Gasteiger partial charge in [-0.1, -0.05) is 12.1 Å². The number of aromatic nitrogens is 1. The molecule has 1 fully saturated rings. The highest BCUT2D eigenvalue weighted by Crippen LogP contribution is 2.28. The summed E-state index contributed by atoms with van der Waals surface area (Å²) in [4.78, 5) is 12.6. The second-order valence-corrected chi connectivity index (χ2v) is 8.96. The zero-order chi connectivity index (χ0) is 18.1. The summed E-state index contributed by atoms with van der Waals surface area (Å²) in [7, 11) is -3.70. The molecule has 0 aromatic carbocycles. The third-order valence-corrected chi connectivity index (χ3v) is 6.78. The average molecular weight is 357 g/mol. The van der Waals surface area contributed by atoms with Gasteiger partial charge in [0.25, 0.3) is 0 Å². The summed E-state index contributed by atoms with van der Waals surface area (Å²) in [5.74, 6) is -0.133. The molecule has 8 heteroatoms. The lowest BCUT2D eigenvalue weighted by atomic mass is 9.95. The first kappa shape index (κ1) is 18.9. The van der Waals surface area contributed by atoms with E-state index in [4.69, 9.17) is 4.52 Å². The summed E-state index contributed by atoms with van der Waals surface area (Å²) >= 11 is 0. The van der Waals surface area contributed by atoms with Gasteiger partial charge < -0.3 is 9.84 Å². The largest absolute Gasteiger partial charge is 0.360 e. The Balaban J connectivity index is 2.17. The number of rotatable bonds is 5. The van der Waals surface area contributed by atoms with Crippen LogP contribution in [0.25, 0.3) is 0 Å². The van der Waals surface area contributed by atoms with Crippen molar-refractivity contribution in [3.05, 3.63) is 11.5 Å². The maximum absolute atomic E-state index is 12.9. The first-order valence-electron chi connectivity index (χ1n) is 8.33. The zero-order valence-corrected chi connectivity index (χ0v) is 15.9. The Morgan fingerprint density at radius 2 is 2.08 bits per heavy atom. The van der Waals surface area contributed by atoms with Crippen molar-refractivity contribution in [2.75, 3.05) is 13.1 Å². The molecule has 24 heavy (non-hydrogen) atoms. The van der Waals surface area contributed by atoms with Crippen molar-refractivity contribution < 1.29 is 17.7 Å². The Bertz CT molecular complexity index is 689. The molecule has 0 aliphatic carbocycles. The van der Waals surface area contributed by atoms with Gasteiger partial charge in [-0.3, -0.25) is 4.79 Å². The van der Waals surface area contributed by atoms with Gasteiger partial charge in [-0.25, -0.2) is 8.42 Å². The molecule has 7 nitrogen and oxygen atoms in total. The van der Waals surface area contributed by atoms with Crippen LogP contribution >= 0.6 is 0 Å². The molecule has 1 atom stereocenters. The summed E-state index contributed by atoms with van der Waals surface area (Å²) in [6, 6.07) is 0. The van der Waals surface area contributed by atoms with E-state index in [-0.39, 0.29) is 34.6 Å². The normalized spacial score (nSPS) is 20.1. The van der Waals surface area contributed by atoms with Gasteiger partial charge in [0.2, 0.25) is 15.9 Å². The fourth-order valence-electron chi connectivity index (χ4n) is 2.87. The van der Waals surface area contributed by atoms with Gasteiger partial charge >= 0.3 is 0 Å². The van der Waals surface area contributed by atoms with Crippen LogP contribution in [0.3, 0.4) is 0 Å². The molecule has 1 aromatic rings. The Hall–Kier alpha value is -1.41. The molecule has 136 valence electrons. The van der Waals surface area contributed by atoms with E-state index in [0.717, 1.165) is 6.42 Å². The number of nitrogens with zero attached hydrogens (tertiary/aromatic N) is 2. The topological polar surface area (TPSA) is 92.5 Å². The van der Waals surface area contributed by atoms with Gasteiger partial charge in [0.1, 0.15) is 10.6 Å². The second kappa shape index (κ2) is 6.84. The van der Waals surface area contributed by atoms with E-state index in [1.54, 1.807) is 13.8 Å². The van der Waals surface area contributed by atoms with Crippen molar-refractivity contribution in [3.8, 4) is 0 Å². The van der Waals surface area contributed by atoms with E-state index in [2.05, 4.69) is 10.5 Å². The standard InChI is InChI=1S/C16H27N3O4S/c1-6-16(4,5)17-15(20)13-8-7-9-19(10-13)24(21,22)14-11(2)18-23-12(14)3/h13H,6-10H2,1-5H3,(H,17,20)/t13-/m1/s1. The Labute approximate surface area is 143 Å². The minimum absolute atomic E-state index is 0.0829. The van der Waals surface area contributed by atoms with Crippen molar-refractivity contribution in [1.29, 1.82) is 0 Å². The van der Waals surface area contributed by atoms with Gasteiger partial charge in [0.15, 0.2) is 5.76 Å². The predicted molar refractivity (Wildman–Crippen MR) is 90.0 cm³/mol. The molecule has 0 saturated carbocycles. The highest BCUT2D eigenvalue weighted by Gasteiger charge is 2.37. The number of aryl methyl sites for hydroxylation is 2. The van der Waals surface area contributed by atoms with E-state index in [9.17, 15) is 13.2 Å². The molecule has 0 radical (unpaired) electrons. The number of carbonyl (C=O) groups is 1. The van der Waals surface area contributed by atoms with Gasteiger partial charge in [-0.05, 0) is 47.0 Å². The maximum atomic E-state index is 12.9. The molecule has 0 bridgehead atoms. The number of sulfonamides is 1. The zero-order valence-electron chi connectivity index (χ0n) is 15.0. The minimum Gasteiger partial charge on any atom is -0.360 e. The smallest absolute Gasteiger partial charge is 0.248 e. The summed E-state index contributed by atoms with van der Waals surface area (Å²) in [6.07, 6.45) is 2.17. The van der Waals surface area contributed by atoms with Gasteiger partial charge in [0, 0.05) is 18.6 Å². The van der Waals surface area contributed by atoms with Crippen molar-refractivity contribution in [3.63, 3.8) is 0 Å². The average Bonchev–Trinajstić information content (AvgIpc) is 2.86. The molecule has 2 rings (SSSR count). The number of hydrogen-bond acceptors (Lipinski definition) is 5. The number of piperidine rings is 1. The summed E-state index contributed by atoms with van der Waals surface area (Å²) in [6.45, 7) is 9.74. The molecule has 1 amide bonds. The van der Waals surface area contributed by atoms with Crippen LogP contribution < -0.4 is 5.32 Å². The van der Waals surface area contributed by atoms with Gasteiger partial charge in [0.05, 0.1) is 5.92 Å². The van der Waals surface area contributed by atoms with Crippen LogP contribution in [-0.4, -0.2) is 42.4 Å². The van der Waals surface area contributed by atoms with E-state index < -0.39 is 10.0 Å². The first-order chi connectivity index (χ1) is 11.1. The van der Waals surface area contributed by atoms with Crippen molar-refractivity contribution >= 4 is 15.9 Å². The fourth-order valence-corrected chi connectivity index (χ4v) is 4.69. The molecule has 1 N–H and O–H groups in total. The van der Waals surface area contributed by atoms with Gasteiger partial charge in [-0.2, -0.15) is 4.31 Å². The summed E-state index contributed by atoms with van der Waals surface area (Å²) < 4.78 is 32.2. The minimum atomic E-state index is -3.70. The Kier molecular flexibility index (Phi) is 5.39. The summed E-state index contributed by atoms with van der Waals surface area (Å²) in [5, 5.41) is 6.74. The third kappa shape index (κ3) is 3.80. The number of amides is 1. The molecule has 0 spiro atoms. The molecule has 2 heterocycles. The van der Waals surface area contributed by atoms with Crippen molar-refractivity contribution in [1.82, 2.24) is 14.8 Å². The third-order valence-electron chi connectivity index (χ3n) is 4.67. The monoisotopic (exact) mass is 357 g/mol. The highest BCUT2D eigenvalue weighted by molar-refractivity contribution is 7.89. The SMILES string of the molecule is CCC(C)(C)NC(=O)[C@@H]1CCCN(S(=O)(=O)c2c(C)noc2C)C1. The molecule has 1 aromatic heterocycles. The van der Waals surface area contributed by atoms with Crippen LogP contribution in [0.15, 0.2) is 9.42 Å². The molecule has 0 unspecified atom stereocenters. The van der Waals surface area contributed by atoms with E-state index in [1.165, 1.54) is 4.31 Å². The van der Waals surface area contributed by atoms with Crippen LogP contribution in [0, 0.1) is 19.8 Å². The number of hydrogen-bond donors (Lipinski definition) is 1. The summed E-state index contributed by atoms with van der Waals surface area (Å²) in [5.41, 5.74) is 0.0612. The van der Waals surface area contributed by atoms with E-state index in [0.29, 0.717) is 25.1 Å². The van der Waals surface area contributed by atoms with E-state index in [1.807, 2.05) is 20.8 Å². The van der Waals surface area contributed by atoms with Crippen molar-refractivity contribution in [2.45, 2.75) is 64.3 Å². The van der Waals surface area contributed by atoms with Crippen LogP contribution in [0.2, 0.25) is 0 Å². The highest BCUT2D eigenvalue weighted by atomic mass is 32.2. The molecular formula is C16H27N3O4S. The van der Waals surface area contributed by atoms with Crippen LogP contribution in [0.5, 0.6) is 0 Å². The van der Waals surface area contributed by atoms with Crippen LogP contribution in [0.1, 0.15) is 51.5 Å². The lowest BCUT2D eigenvalue weighted by Gasteiger charge is -2.33.